The summed E-state index contributed by atoms with van der Waals surface area (Å²) in [6.07, 6.45) is 1.13. The van der Waals surface area contributed by atoms with Crippen molar-refractivity contribution in [3.05, 3.63) is 36.4 Å². The number of phenolic OH excluding ortho intramolecular Hbond substituents is 1. The van der Waals surface area contributed by atoms with E-state index in [4.69, 9.17) is 5.73 Å². The van der Waals surface area contributed by atoms with Crippen molar-refractivity contribution in [3.63, 3.8) is 0 Å². The van der Waals surface area contributed by atoms with Gasteiger partial charge in [0.1, 0.15) is 17.1 Å². The lowest BCUT2D eigenvalue weighted by Gasteiger charge is -2.03. The number of hydrogen-bond acceptors (Lipinski definition) is 5. The number of anilines is 1. The highest BCUT2D eigenvalue weighted by atomic mass is 32.2. The molecule has 0 atom stereocenters. The molecule has 0 aliphatic rings. The fraction of sp³-hybridized carbons (Fsp3) is 0.0714. The SMILES string of the molecule is CS(=O)(=O)c1cccc2[nH]c(-c3cccc(N)c3O)nc12. The highest BCUT2D eigenvalue weighted by Gasteiger charge is 2.17. The number of H-pyrrole nitrogens is 1. The van der Waals surface area contributed by atoms with Gasteiger partial charge >= 0.3 is 0 Å². The number of aromatic nitrogens is 2. The van der Waals surface area contributed by atoms with E-state index in [2.05, 4.69) is 9.97 Å². The first-order chi connectivity index (χ1) is 9.88. The van der Waals surface area contributed by atoms with Crippen LogP contribution in [0.3, 0.4) is 0 Å². The zero-order chi connectivity index (χ0) is 15.2. The Balaban J connectivity index is 2.30. The molecule has 0 fully saturated rings. The molecule has 4 N–H and O–H groups in total. The van der Waals surface area contributed by atoms with E-state index in [-0.39, 0.29) is 16.3 Å². The quantitative estimate of drug-likeness (QED) is 0.495. The molecule has 0 aliphatic carbocycles. The number of imidazole rings is 1. The Morgan fingerprint density at radius 2 is 1.90 bits per heavy atom. The third-order valence-electron chi connectivity index (χ3n) is 3.20. The molecule has 7 heteroatoms. The lowest BCUT2D eigenvalue weighted by Crippen LogP contribution is -1.97. The van der Waals surface area contributed by atoms with Crippen molar-refractivity contribution in [2.45, 2.75) is 4.90 Å². The lowest BCUT2D eigenvalue weighted by atomic mass is 10.1. The van der Waals surface area contributed by atoms with Crippen molar-refractivity contribution in [1.82, 2.24) is 9.97 Å². The molecule has 0 spiro atoms. The number of benzene rings is 2. The molecule has 3 rings (SSSR count). The summed E-state index contributed by atoms with van der Waals surface area (Å²) in [5.41, 5.74) is 7.24. The zero-order valence-electron chi connectivity index (χ0n) is 11.2. The van der Waals surface area contributed by atoms with Gasteiger partial charge < -0.3 is 15.8 Å². The molecule has 0 bridgehead atoms. The summed E-state index contributed by atoms with van der Waals surface area (Å²) in [6, 6.07) is 9.78. The Kier molecular flexibility index (Phi) is 2.87. The second kappa shape index (κ2) is 4.49. The number of aromatic amines is 1. The Bertz CT molecular complexity index is 945. The van der Waals surface area contributed by atoms with Crippen molar-refractivity contribution < 1.29 is 13.5 Å². The van der Waals surface area contributed by atoms with Gasteiger partial charge in [-0.1, -0.05) is 12.1 Å². The van der Waals surface area contributed by atoms with Crippen LogP contribution in [-0.4, -0.2) is 29.7 Å². The summed E-state index contributed by atoms with van der Waals surface area (Å²) < 4.78 is 23.6. The Morgan fingerprint density at radius 1 is 1.19 bits per heavy atom. The number of aromatic hydroxyl groups is 1. The van der Waals surface area contributed by atoms with Gasteiger partial charge in [0.2, 0.25) is 0 Å². The van der Waals surface area contributed by atoms with Gasteiger partial charge in [0.25, 0.3) is 0 Å². The van der Waals surface area contributed by atoms with Gasteiger partial charge in [-0.15, -0.1) is 0 Å². The van der Waals surface area contributed by atoms with E-state index in [0.717, 1.165) is 6.26 Å². The molecule has 2 aromatic carbocycles. The standard InChI is InChI=1S/C14H13N3O3S/c1-21(19,20)11-7-3-6-10-12(11)17-14(16-10)8-4-2-5-9(15)13(8)18/h2-7,18H,15H2,1H3,(H,16,17). The number of sulfone groups is 1. The number of nitrogens with one attached hydrogen (secondary N) is 1. The van der Waals surface area contributed by atoms with Crippen LogP contribution in [0.5, 0.6) is 5.75 Å². The second-order valence-corrected chi connectivity index (χ2v) is 6.74. The minimum absolute atomic E-state index is 0.0857. The second-order valence-electron chi connectivity index (χ2n) is 4.75. The van der Waals surface area contributed by atoms with Crippen LogP contribution in [0.2, 0.25) is 0 Å². The smallest absolute Gasteiger partial charge is 0.177 e. The topological polar surface area (TPSA) is 109 Å². The summed E-state index contributed by atoms with van der Waals surface area (Å²) in [7, 11) is -3.39. The van der Waals surface area contributed by atoms with Crippen LogP contribution < -0.4 is 5.73 Å². The molecule has 1 aromatic heterocycles. The maximum absolute atomic E-state index is 11.8. The summed E-state index contributed by atoms with van der Waals surface area (Å²) in [5, 5.41) is 10.0. The van der Waals surface area contributed by atoms with Crippen LogP contribution in [0, 0.1) is 0 Å². The van der Waals surface area contributed by atoms with E-state index in [0.29, 0.717) is 22.4 Å². The van der Waals surface area contributed by atoms with Gasteiger partial charge in [-0.3, -0.25) is 0 Å². The summed E-state index contributed by atoms with van der Waals surface area (Å²) in [6.45, 7) is 0. The van der Waals surface area contributed by atoms with Crippen LogP contribution in [0.15, 0.2) is 41.3 Å². The van der Waals surface area contributed by atoms with E-state index >= 15 is 0 Å². The number of phenols is 1. The maximum Gasteiger partial charge on any atom is 0.177 e. The molecule has 21 heavy (non-hydrogen) atoms. The minimum atomic E-state index is -3.39. The van der Waals surface area contributed by atoms with Gasteiger partial charge in [-0.25, -0.2) is 13.4 Å². The highest BCUT2D eigenvalue weighted by molar-refractivity contribution is 7.91. The number of nitrogens with two attached hydrogens (primary N) is 1. The predicted molar refractivity (Wildman–Crippen MR) is 80.7 cm³/mol. The molecule has 3 aromatic rings. The van der Waals surface area contributed by atoms with E-state index in [1.54, 1.807) is 30.3 Å². The fourth-order valence-electron chi connectivity index (χ4n) is 2.19. The average molecular weight is 303 g/mol. The monoisotopic (exact) mass is 303 g/mol. The number of nitrogens with zero attached hydrogens (tertiary/aromatic N) is 1. The molecule has 108 valence electrons. The third-order valence-corrected chi connectivity index (χ3v) is 4.33. The minimum Gasteiger partial charge on any atom is -0.505 e. The van der Waals surface area contributed by atoms with E-state index in [1.165, 1.54) is 6.07 Å². The van der Waals surface area contributed by atoms with Crippen molar-refractivity contribution in [3.8, 4) is 17.1 Å². The predicted octanol–water partition coefficient (Wildman–Crippen LogP) is 1.92. The number of nitrogen functional groups attached to an aromatic ring is 1. The third kappa shape index (κ3) is 2.21. The van der Waals surface area contributed by atoms with E-state index < -0.39 is 9.84 Å². The summed E-state index contributed by atoms with van der Waals surface area (Å²) in [5.74, 6) is 0.281. The maximum atomic E-state index is 11.8. The first-order valence-electron chi connectivity index (χ1n) is 6.14. The van der Waals surface area contributed by atoms with E-state index in [1.807, 2.05) is 0 Å². The number of hydrogen-bond donors (Lipinski definition) is 3. The van der Waals surface area contributed by atoms with Crippen LogP contribution in [0.1, 0.15) is 0 Å². The average Bonchev–Trinajstić information content (AvgIpc) is 2.84. The van der Waals surface area contributed by atoms with Crippen LogP contribution >= 0.6 is 0 Å². The molecule has 0 amide bonds. The largest absolute Gasteiger partial charge is 0.505 e. The van der Waals surface area contributed by atoms with Crippen LogP contribution in [0.4, 0.5) is 5.69 Å². The molecule has 1 heterocycles. The van der Waals surface area contributed by atoms with Gasteiger partial charge in [-0.2, -0.15) is 0 Å². The van der Waals surface area contributed by atoms with Gasteiger partial charge in [-0.05, 0) is 24.3 Å². The molecule has 0 saturated carbocycles. The molecule has 0 aliphatic heterocycles. The summed E-state index contributed by atoms with van der Waals surface area (Å²) >= 11 is 0. The van der Waals surface area contributed by atoms with Crippen molar-refractivity contribution in [1.29, 1.82) is 0 Å². The molecule has 6 nitrogen and oxygen atoms in total. The molecule has 0 radical (unpaired) electrons. The molecular formula is C14H13N3O3S. The summed E-state index contributed by atoms with van der Waals surface area (Å²) in [4.78, 5) is 7.45. The van der Waals surface area contributed by atoms with Gasteiger partial charge in [0, 0.05) is 6.26 Å². The number of rotatable bonds is 2. The van der Waals surface area contributed by atoms with Gasteiger partial charge in [0.05, 0.1) is 21.7 Å². The normalized spacial score (nSPS) is 11.9. The number of para-hydroxylation sites is 2. The first-order valence-corrected chi connectivity index (χ1v) is 8.03. The van der Waals surface area contributed by atoms with Crippen LogP contribution in [-0.2, 0) is 9.84 Å². The Morgan fingerprint density at radius 3 is 2.62 bits per heavy atom. The molecular weight excluding hydrogens is 290 g/mol. The van der Waals surface area contributed by atoms with E-state index in [9.17, 15) is 13.5 Å². The van der Waals surface area contributed by atoms with Crippen LogP contribution in [0.25, 0.3) is 22.4 Å². The molecule has 0 saturated heterocycles. The Labute approximate surface area is 121 Å². The van der Waals surface area contributed by atoms with Gasteiger partial charge in [0.15, 0.2) is 9.84 Å². The molecule has 0 unspecified atom stereocenters. The first kappa shape index (κ1) is 13.4. The van der Waals surface area contributed by atoms with Crippen molar-refractivity contribution >= 4 is 26.6 Å². The highest BCUT2D eigenvalue weighted by Crippen LogP contribution is 2.33. The fourth-order valence-corrected chi connectivity index (χ4v) is 3.02. The van der Waals surface area contributed by atoms with Crippen molar-refractivity contribution in [2.24, 2.45) is 0 Å². The zero-order valence-corrected chi connectivity index (χ0v) is 12.0. The number of fused-ring (bicyclic) bond motifs is 1. The Hall–Kier alpha value is -2.54. The van der Waals surface area contributed by atoms with Crippen molar-refractivity contribution in [2.75, 3.05) is 12.0 Å². The lowest BCUT2D eigenvalue weighted by molar-refractivity contribution is 0.479.